The third kappa shape index (κ3) is 11.6. The van der Waals surface area contributed by atoms with E-state index in [0.29, 0.717) is 52.9 Å². The number of amides is 3. The van der Waals surface area contributed by atoms with Crippen LogP contribution in [0, 0.1) is 0 Å². The Morgan fingerprint density at radius 3 is 1.67 bits per heavy atom. The molecule has 0 aliphatic rings. The number of carbonyl (C=O) groups is 3. The number of pyridine rings is 1. The lowest BCUT2D eigenvalue weighted by molar-refractivity contribution is -0.119. The van der Waals surface area contributed by atoms with E-state index in [2.05, 4.69) is 48.6 Å². The van der Waals surface area contributed by atoms with Crippen LogP contribution in [-0.2, 0) is 15.6 Å². The summed E-state index contributed by atoms with van der Waals surface area (Å²) >= 11 is 0. The minimum atomic E-state index is -0.254. The van der Waals surface area contributed by atoms with Crippen LogP contribution in [0.4, 0.5) is 11.4 Å². The zero-order valence-electron chi connectivity index (χ0n) is 34.8. The monoisotopic (exact) mass is 789 g/mol. The zero-order valence-corrected chi connectivity index (χ0v) is 34.8. The second kappa shape index (κ2) is 20.1. The molecular weight excluding hydrogens is 735 g/mol. The molecule has 58 heavy (non-hydrogen) atoms. The lowest BCUT2D eigenvalue weighted by Gasteiger charge is -2.28. The Bertz CT molecular complexity index is 2170. The highest BCUT2D eigenvalue weighted by molar-refractivity contribution is 6.05. The molecule has 0 fully saturated rings. The van der Waals surface area contributed by atoms with Crippen molar-refractivity contribution in [3.8, 4) is 34.1 Å². The fourth-order valence-electron chi connectivity index (χ4n) is 6.14. The van der Waals surface area contributed by atoms with Crippen LogP contribution in [0.25, 0.3) is 11.1 Å². The van der Waals surface area contributed by atoms with E-state index >= 15 is 0 Å². The normalized spacial score (nSPS) is 11.0. The summed E-state index contributed by atoms with van der Waals surface area (Å²) < 4.78 is 21.0. The van der Waals surface area contributed by atoms with E-state index < -0.39 is 0 Å². The Labute approximate surface area is 341 Å². The summed E-state index contributed by atoms with van der Waals surface area (Å²) in [6.07, 6.45) is 4.30. The van der Waals surface area contributed by atoms with Gasteiger partial charge in [-0.15, -0.1) is 0 Å². The van der Waals surface area contributed by atoms with Gasteiger partial charge in [-0.25, -0.2) is 0 Å². The van der Waals surface area contributed by atoms with Gasteiger partial charge in [0, 0.05) is 65.9 Å². The predicted octanol–water partition coefficient (Wildman–Crippen LogP) is 8.01. The highest BCUT2D eigenvalue weighted by Gasteiger charge is 2.25. The standard InChI is InChI=1S/C27H31N3O4.C19H24N2O3/c1-18(31)29-14-12-27(2,3)23-10-9-21(16-22(23)20-7-6-13-28-17-20)30-26(32)19-8-11-24(33-4)25(15-19)34-5;1-19(2,12-20)14-6-8-15(9-7-14)21-18(22)13-5-10-16(23-3)17(11-13)24-4/h6-11,13,15-17H,12,14H2,1-5H3,(H,29,31)(H,30,32);5-11H,12,20H2,1-4H3,(H,21,22). The molecule has 0 aliphatic carbocycles. The summed E-state index contributed by atoms with van der Waals surface area (Å²) in [6.45, 7) is 11.1. The Kier molecular flexibility index (Phi) is 15.4. The minimum Gasteiger partial charge on any atom is -0.493 e. The number of carbonyl (C=O) groups excluding carboxylic acids is 3. The molecule has 0 atom stereocenters. The molecule has 1 heterocycles. The summed E-state index contributed by atoms with van der Waals surface area (Å²) in [7, 11) is 6.18. The van der Waals surface area contributed by atoms with Crippen LogP contribution in [0.5, 0.6) is 23.0 Å². The number of benzene rings is 4. The quantitative estimate of drug-likeness (QED) is 0.0823. The highest BCUT2D eigenvalue weighted by atomic mass is 16.5. The fraction of sp³-hybridized carbons (Fsp3) is 0.304. The Hall–Kier alpha value is -6.40. The van der Waals surface area contributed by atoms with Gasteiger partial charge in [-0.3, -0.25) is 19.4 Å². The van der Waals surface area contributed by atoms with Crippen molar-refractivity contribution in [2.24, 2.45) is 5.73 Å². The van der Waals surface area contributed by atoms with E-state index in [1.807, 2.05) is 60.8 Å². The van der Waals surface area contributed by atoms with Crippen LogP contribution in [0.1, 0.15) is 72.9 Å². The number of nitrogens with zero attached hydrogens (tertiary/aromatic N) is 1. The second-order valence-electron chi connectivity index (χ2n) is 14.8. The average Bonchev–Trinajstić information content (AvgIpc) is 3.23. The lowest BCUT2D eigenvalue weighted by atomic mass is 9.77. The predicted molar refractivity (Wildman–Crippen MR) is 230 cm³/mol. The molecular formula is C46H55N5O7. The van der Waals surface area contributed by atoms with Gasteiger partial charge < -0.3 is 40.6 Å². The first-order valence-electron chi connectivity index (χ1n) is 18.8. The number of ether oxygens (including phenoxy) is 4. The molecule has 3 amide bonds. The smallest absolute Gasteiger partial charge is 0.255 e. The number of anilines is 2. The highest BCUT2D eigenvalue weighted by Crippen LogP contribution is 2.37. The maximum absolute atomic E-state index is 13.0. The van der Waals surface area contributed by atoms with Crippen molar-refractivity contribution >= 4 is 29.1 Å². The van der Waals surface area contributed by atoms with Gasteiger partial charge in [0.15, 0.2) is 23.0 Å². The van der Waals surface area contributed by atoms with Crippen molar-refractivity contribution in [1.29, 1.82) is 0 Å². The van der Waals surface area contributed by atoms with E-state index in [-0.39, 0.29) is 28.6 Å². The SMILES string of the molecule is COc1ccc(C(=O)Nc2ccc(C(C)(C)CCNC(C)=O)c(-c3cccnc3)c2)cc1OC.COc1ccc(C(=O)Nc2ccc(C(C)(C)CN)cc2)cc1OC. The van der Waals surface area contributed by atoms with E-state index in [1.54, 1.807) is 56.8 Å². The maximum Gasteiger partial charge on any atom is 0.255 e. The molecule has 0 unspecified atom stereocenters. The van der Waals surface area contributed by atoms with E-state index in [1.165, 1.54) is 21.1 Å². The molecule has 5 rings (SSSR count). The van der Waals surface area contributed by atoms with Crippen LogP contribution in [0.2, 0.25) is 0 Å². The fourth-order valence-corrected chi connectivity index (χ4v) is 6.14. The van der Waals surface area contributed by atoms with E-state index in [9.17, 15) is 14.4 Å². The molecule has 1 aromatic heterocycles. The van der Waals surface area contributed by atoms with Gasteiger partial charge in [0.25, 0.3) is 11.8 Å². The Morgan fingerprint density at radius 1 is 0.655 bits per heavy atom. The number of hydrogen-bond acceptors (Lipinski definition) is 9. The molecule has 5 aromatic rings. The van der Waals surface area contributed by atoms with E-state index in [0.717, 1.165) is 34.4 Å². The number of hydrogen-bond donors (Lipinski definition) is 4. The number of nitrogens with one attached hydrogen (secondary N) is 3. The van der Waals surface area contributed by atoms with Gasteiger partial charge >= 0.3 is 0 Å². The number of aromatic nitrogens is 1. The summed E-state index contributed by atoms with van der Waals surface area (Å²) in [6, 6.07) is 27.6. The van der Waals surface area contributed by atoms with Gasteiger partial charge in [-0.2, -0.15) is 0 Å². The van der Waals surface area contributed by atoms with Crippen molar-refractivity contribution in [1.82, 2.24) is 10.3 Å². The van der Waals surface area contributed by atoms with Crippen molar-refractivity contribution in [2.45, 2.75) is 51.9 Å². The summed E-state index contributed by atoms with van der Waals surface area (Å²) in [5, 5.41) is 8.73. The molecule has 0 aliphatic heterocycles. The third-order valence-corrected chi connectivity index (χ3v) is 9.83. The Morgan fingerprint density at radius 2 is 1.19 bits per heavy atom. The van der Waals surface area contributed by atoms with Crippen molar-refractivity contribution in [3.63, 3.8) is 0 Å². The molecule has 306 valence electrons. The first-order chi connectivity index (χ1) is 27.7. The van der Waals surface area contributed by atoms with Gasteiger partial charge in [0.05, 0.1) is 28.4 Å². The second-order valence-corrected chi connectivity index (χ2v) is 14.8. The van der Waals surface area contributed by atoms with Crippen molar-refractivity contribution in [3.05, 3.63) is 126 Å². The lowest BCUT2D eigenvalue weighted by Crippen LogP contribution is -2.28. The van der Waals surface area contributed by atoms with Crippen LogP contribution < -0.4 is 40.6 Å². The zero-order chi connectivity index (χ0) is 42.5. The summed E-state index contributed by atoms with van der Waals surface area (Å²) in [4.78, 5) is 40.9. The van der Waals surface area contributed by atoms with Gasteiger partial charge in [0.1, 0.15) is 0 Å². The molecule has 4 aromatic carbocycles. The number of methoxy groups -OCH3 is 4. The van der Waals surface area contributed by atoms with Gasteiger partial charge in [0.2, 0.25) is 5.91 Å². The summed E-state index contributed by atoms with van der Waals surface area (Å²) in [5.74, 6) is 1.65. The van der Waals surface area contributed by atoms with Crippen LogP contribution in [-0.4, -0.2) is 64.2 Å². The summed E-state index contributed by atoms with van der Waals surface area (Å²) in [5.41, 5.74) is 12.0. The molecule has 0 bridgehead atoms. The minimum absolute atomic E-state index is 0.0449. The van der Waals surface area contributed by atoms with E-state index in [4.69, 9.17) is 24.7 Å². The Balaban J connectivity index is 0.000000273. The largest absolute Gasteiger partial charge is 0.493 e. The number of rotatable bonds is 15. The first kappa shape index (κ1) is 44.3. The van der Waals surface area contributed by atoms with Gasteiger partial charge in [-0.1, -0.05) is 52.0 Å². The molecule has 0 spiro atoms. The van der Waals surface area contributed by atoms with Crippen LogP contribution in [0.3, 0.4) is 0 Å². The third-order valence-electron chi connectivity index (χ3n) is 9.83. The molecule has 5 N–H and O–H groups in total. The molecule has 0 radical (unpaired) electrons. The number of nitrogens with two attached hydrogens (primary N) is 1. The molecule has 0 saturated heterocycles. The van der Waals surface area contributed by atoms with Gasteiger partial charge in [-0.05, 0) is 95.3 Å². The molecule has 0 saturated carbocycles. The topological polar surface area (TPSA) is 163 Å². The average molecular weight is 790 g/mol. The van der Waals surface area contributed by atoms with Crippen molar-refractivity contribution in [2.75, 3.05) is 52.2 Å². The van der Waals surface area contributed by atoms with Crippen molar-refractivity contribution < 1.29 is 33.3 Å². The molecule has 12 heteroatoms. The molecule has 12 nitrogen and oxygen atoms in total. The van der Waals surface area contributed by atoms with Crippen LogP contribution in [0.15, 0.2) is 103 Å². The first-order valence-corrected chi connectivity index (χ1v) is 18.8. The van der Waals surface area contributed by atoms with Crippen LogP contribution >= 0.6 is 0 Å². The maximum atomic E-state index is 13.0.